The van der Waals surface area contributed by atoms with Gasteiger partial charge in [0.1, 0.15) is 6.54 Å². The quantitative estimate of drug-likeness (QED) is 0.356. The number of unbranched alkanes of at least 4 members (excludes halogenated alkanes) is 7. The molecule has 0 aliphatic rings. The first kappa shape index (κ1) is 20.5. The molecule has 0 spiro atoms. The Kier molecular flexibility index (Phi) is 11.8. The zero-order valence-electron chi connectivity index (χ0n) is 14.3. The summed E-state index contributed by atoms with van der Waals surface area (Å²) in [6.45, 7) is 4.73. The average Bonchev–Trinajstić information content (AvgIpc) is 2.42. The van der Waals surface area contributed by atoms with Gasteiger partial charge in [-0.25, -0.2) is 0 Å². The average molecular weight is 313 g/mol. The largest absolute Gasteiger partial charge is 0.325 e. The molecule has 0 bridgehead atoms. The van der Waals surface area contributed by atoms with Gasteiger partial charge < -0.3 is 4.48 Å². The van der Waals surface area contributed by atoms with Crippen LogP contribution in [0, 0.1) is 0 Å². The van der Waals surface area contributed by atoms with Crippen LogP contribution in [0.1, 0.15) is 63.9 Å². The summed E-state index contributed by atoms with van der Waals surface area (Å²) in [4.78, 5) is 0. The smallest absolute Gasteiger partial charge is 0.104 e. The molecule has 122 valence electrons. The molecule has 2 heteroatoms. The van der Waals surface area contributed by atoms with E-state index in [0.717, 1.165) is 11.0 Å². The van der Waals surface area contributed by atoms with Crippen LogP contribution in [0.4, 0.5) is 0 Å². The van der Waals surface area contributed by atoms with Gasteiger partial charge in [-0.3, -0.25) is 0 Å². The third kappa shape index (κ3) is 10.8. The molecule has 1 rings (SSSR count). The van der Waals surface area contributed by atoms with E-state index in [1.54, 1.807) is 0 Å². The zero-order valence-corrected chi connectivity index (χ0v) is 15.1. The van der Waals surface area contributed by atoms with Crippen LogP contribution in [0.5, 0.6) is 0 Å². The molecular formula is C19H35ClN+. The number of quaternary nitrogens is 1. The van der Waals surface area contributed by atoms with Gasteiger partial charge >= 0.3 is 0 Å². The van der Waals surface area contributed by atoms with Gasteiger partial charge in [-0.2, -0.15) is 0 Å². The molecule has 0 saturated heterocycles. The number of halogens is 1. The van der Waals surface area contributed by atoms with Crippen molar-refractivity contribution >= 4 is 12.4 Å². The third-order valence-electron chi connectivity index (χ3n) is 4.07. The Balaban J connectivity index is 0.00000400. The maximum Gasteiger partial charge on any atom is 0.104 e. The first-order valence-electron chi connectivity index (χ1n) is 8.50. The summed E-state index contributed by atoms with van der Waals surface area (Å²) in [5.41, 5.74) is 1.46. The molecule has 1 aromatic rings. The molecule has 1 aromatic carbocycles. The van der Waals surface area contributed by atoms with E-state index in [1.807, 2.05) is 0 Å². The number of nitrogens with zero attached hydrogens (tertiary/aromatic N) is 1. The zero-order chi connectivity index (χ0) is 14.7. The van der Waals surface area contributed by atoms with Crippen LogP contribution in [-0.2, 0) is 6.54 Å². The Hall–Kier alpha value is -0.530. The molecule has 0 atom stereocenters. The molecular weight excluding hydrogens is 278 g/mol. The van der Waals surface area contributed by atoms with E-state index in [9.17, 15) is 0 Å². The lowest BCUT2D eigenvalue weighted by Gasteiger charge is -2.30. The predicted octanol–water partition coefficient (Wildman–Crippen LogP) is 5.83. The molecule has 0 fully saturated rings. The number of hydrogen-bond donors (Lipinski definition) is 0. The van der Waals surface area contributed by atoms with Crippen molar-refractivity contribution in [3.8, 4) is 0 Å². The van der Waals surface area contributed by atoms with E-state index in [4.69, 9.17) is 0 Å². The van der Waals surface area contributed by atoms with Gasteiger partial charge in [0.2, 0.25) is 0 Å². The molecule has 21 heavy (non-hydrogen) atoms. The lowest BCUT2D eigenvalue weighted by Crippen LogP contribution is -2.39. The minimum Gasteiger partial charge on any atom is -0.325 e. The van der Waals surface area contributed by atoms with Crippen molar-refractivity contribution in [2.45, 2.75) is 64.8 Å². The fraction of sp³-hybridized carbons (Fsp3) is 0.684. The summed E-state index contributed by atoms with van der Waals surface area (Å²) in [6.07, 6.45) is 11.3. The van der Waals surface area contributed by atoms with Gasteiger partial charge in [0.25, 0.3) is 0 Å². The summed E-state index contributed by atoms with van der Waals surface area (Å²) >= 11 is 0. The van der Waals surface area contributed by atoms with Gasteiger partial charge in [0.15, 0.2) is 0 Å². The second-order valence-corrected chi connectivity index (χ2v) is 6.78. The molecule has 0 saturated carbocycles. The van der Waals surface area contributed by atoms with Crippen LogP contribution >= 0.6 is 12.4 Å². The third-order valence-corrected chi connectivity index (χ3v) is 4.07. The van der Waals surface area contributed by atoms with E-state index >= 15 is 0 Å². The SMILES string of the molecule is CCCCCCCCCC[N+](C)(C)Cc1ccccc1.Cl. The molecule has 0 heterocycles. The number of rotatable bonds is 11. The highest BCUT2D eigenvalue weighted by Crippen LogP contribution is 2.13. The summed E-state index contributed by atoms with van der Waals surface area (Å²) < 4.78 is 1.11. The lowest BCUT2D eigenvalue weighted by atomic mass is 10.1. The van der Waals surface area contributed by atoms with E-state index in [1.165, 1.54) is 63.5 Å². The summed E-state index contributed by atoms with van der Waals surface area (Å²) in [5.74, 6) is 0. The summed E-state index contributed by atoms with van der Waals surface area (Å²) in [7, 11) is 4.71. The monoisotopic (exact) mass is 312 g/mol. The second-order valence-electron chi connectivity index (χ2n) is 6.78. The lowest BCUT2D eigenvalue weighted by molar-refractivity contribution is -0.903. The van der Waals surface area contributed by atoms with Crippen molar-refractivity contribution in [1.29, 1.82) is 0 Å². The van der Waals surface area contributed by atoms with E-state index in [2.05, 4.69) is 51.4 Å². The highest BCUT2D eigenvalue weighted by atomic mass is 35.5. The topological polar surface area (TPSA) is 0 Å². The van der Waals surface area contributed by atoms with Crippen molar-refractivity contribution in [2.24, 2.45) is 0 Å². The predicted molar refractivity (Wildman–Crippen MR) is 97.0 cm³/mol. The van der Waals surface area contributed by atoms with Crippen molar-refractivity contribution in [3.63, 3.8) is 0 Å². The number of hydrogen-bond acceptors (Lipinski definition) is 0. The fourth-order valence-electron chi connectivity index (χ4n) is 2.83. The summed E-state index contributed by atoms with van der Waals surface area (Å²) in [6, 6.07) is 10.9. The molecule has 0 amide bonds. The molecule has 0 aliphatic heterocycles. The minimum absolute atomic E-state index is 0. The first-order chi connectivity index (χ1) is 9.64. The van der Waals surface area contributed by atoms with Crippen LogP contribution < -0.4 is 0 Å². The molecule has 0 radical (unpaired) electrons. The first-order valence-corrected chi connectivity index (χ1v) is 8.50. The second kappa shape index (κ2) is 12.1. The standard InChI is InChI=1S/C19H34N.ClH/c1-4-5-6-7-8-9-10-14-17-20(2,3)18-19-15-12-11-13-16-19;/h11-13,15-16H,4-10,14,17-18H2,1-3H3;1H/q+1;. The molecule has 0 aromatic heterocycles. The Bertz CT molecular complexity index is 335. The van der Waals surface area contributed by atoms with E-state index in [-0.39, 0.29) is 12.4 Å². The van der Waals surface area contributed by atoms with Gasteiger partial charge in [0.05, 0.1) is 20.6 Å². The highest BCUT2D eigenvalue weighted by Gasteiger charge is 2.14. The van der Waals surface area contributed by atoms with Gasteiger partial charge in [-0.15, -0.1) is 12.4 Å². The van der Waals surface area contributed by atoms with Gasteiger partial charge in [-0.05, 0) is 12.8 Å². The van der Waals surface area contributed by atoms with Crippen LogP contribution in [0.2, 0.25) is 0 Å². The Morgan fingerprint density at radius 3 is 1.86 bits per heavy atom. The highest BCUT2D eigenvalue weighted by molar-refractivity contribution is 5.85. The molecule has 1 nitrogen and oxygen atoms in total. The Labute approximate surface area is 138 Å². The minimum atomic E-state index is 0. The van der Waals surface area contributed by atoms with Crippen molar-refractivity contribution in [3.05, 3.63) is 35.9 Å². The fourth-order valence-corrected chi connectivity index (χ4v) is 2.83. The van der Waals surface area contributed by atoms with Crippen molar-refractivity contribution < 1.29 is 4.48 Å². The molecule has 0 unspecified atom stereocenters. The van der Waals surface area contributed by atoms with Gasteiger partial charge in [0, 0.05) is 5.56 Å². The van der Waals surface area contributed by atoms with Crippen molar-refractivity contribution in [1.82, 2.24) is 0 Å². The Morgan fingerprint density at radius 1 is 0.762 bits per heavy atom. The maximum absolute atomic E-state index is 2.36. The summed E-state index contributed by atoms with van der Waals surface area (Å²) in [5, 5.41) is 0. The van der Waals surface area contributed by atoms with Crippen molar-refractivity contribution in [2.75, 3.05) is 20.6 Å². The van der Waals surface area contributed by atoms with Crippen LogP contribution in [-0.4, -0.2) is 25.1 Å². The molecule has 0 aliphatic carbocycles. The molecule has 0 N–H and O–H groups in total. The van der Waals surface area contributed by atoms with Gasteiger partial charge in [-0.1, -0.05) is 75.8 Å². The van der Waals surface area contributed by atoms with Crippen LogP contribution in [0.15, 0.2) is 30.3 Å². The van der Waals surface area contributed by atoms with E-state index < -0.39 is 0 Å². The Morgan fingerprint density at radius 2 is 1.29 bits per heavy atom. The maximum atomic E-state index is 2.36. The number of benzene rings is 1. The van der Waals surface area contributed by atoms with Crippen LogP contribution in [0.25, 0.3) is 0 Å². The van der Waals surface area contributed by atoms with Crippen LogP contribution in [0.3, 0.4) is 0 Å². The van der Waals surface area contributed by atoms with E-state index in [0.29, 0.717) is 0 Å². The normalized spacial score (nSPS) is 11.2.